The van der Waals surface area contributed by atoms with Gasteiger partial charge in [0.15, 0.2) is 0 Å². The topological polar surface area (TPSA) is 97.5 Å². The molecule has 2 rings (SSSR count). The highest BCUT2D eigenvalue weighted by molar-refractivity contribution is 7.89. The van der Waals surface area contributed by atoms with Crippen LogP contribution < -0.4 is 5.14 Å². The van der Waals surface area contributed by atoms with E-state index in [1.807, 2.05) is 32.9 Å². The number of carboxylic acids is 1. The van der Waals surface area contributed by atoms with Crippen molar-refractivity contribution in [2.75, 3.05) is 0 Å². The van der Waals surface area contributed by atoms with Crippen LogP contribution >= 0.6 is 0 Å². The second-order valence-corrected chi connectivity index (χ2v) is 7.34. The zero-order chi connectivity index (χ0) is 17.4. The van der Waals surface area contributed by atoms with Gasteiger partial charge in [0.2, 0.25) is 10.0 Å². The van der Waals surface area contributed by atoms with Crippen LogP contribution in [0.3, 0.4) is 0 Å². The number of rotatable bonds is 4. The van der Waals surface area contributed by atoms with E-state index in [9.17, 15) is 18.3 Å². The minimum atomic E-state index is -4.05. The van der Waals surface area contributed by atoms with Crippen LogP contribution in [0.1, 0.15) is 41.3 Å². The van der Waals surface area contributed by atoms with Gasteiger partial charge in [0.1, 0.15) is 0 Å². The van der Waals surface area contributed by atoms with Crippen LogP contribution in [-0.2, 0) is 10.0 Å². The number of hydrogen-bond donors (Lipinski definition) is 2. The number of benzene rings is 2. The first-order chi connectivity index (χ1) is 10.6. The summed E-state index contributed by atoms with van der Waals surface area (Å²) in [6, 6.07) is 10.1. The molecule has 0 saturated carbocycles. The van der Waals surface area contributed by atoms with Crippen LogP contribution in [0.15, 0.2) is 41.3 Å². The summed E-state index contributed by atoms with van der Waals surface area (Å²) in [6.45, 7) is 5.64. The number of aryl methyl sites for hydroxylation is 1. The van der Waals surface area contributed by atoms with E-state index in [0.29, 0.717) is 16.7 Å². The van der Waals surface area contributed by atoms with Gasteiger partial charge in [-0.2, -0.15) is 0 Å². The molecule has 0 saturated heterocycles. The molecule has 0 aliphatic carbocycles. The monoisotopic (exact) mass is 333 g/mol. The van der Waals surface area contributed by atoms with Crippen molar-refractivity contribution in [1.82, 2.24) is 0 Å². The van der Waals surface area contributed by atoms with E-state index in [4.69, 9.17) is 5.14 Å². The highest BCUT2D eigenvalue weighted by atomic mass is 32.2. The van der Waals surface area contributed by atoms with E-state index in [1.165, 1.54) is 0 Å². The van der Waals surface area contributed by atoms with Gasteiger partial charge in [0, 0.05) is 5.56 Å². The Morgan fingerprint density at radius 3 is 2.13 bits per heavy atom. The number of carbonyl (C=O) groups is 1. The van der Waals surface area contributed by atoms with Crippen LogP contribution in [0.25, 0.3) is 11.1 Å². The molecule has 0 aliphatic heterocycles. The molecular formula is C17H19NO4S. The predicted octanol–water partition coefficient (Wildman–Crippen LogP) is 3.13. The molecule has 0 bridgehead atoms. The molecule has 2 aromatic rings. The van der Waals surface area contributed by atoms with Crippen molar-refractivity contribution < 1.29 is 18.3 Å². The SMILES string of the molecule is Cc1ccc(-c2cc(C(C)C)c(C(=O)O)cc2S(N)(=O)=O)cc1. The molecule has 0 heterocycles. The summed E-state index contributed by atoms with van der Waals surface area (Å²) >= 11 is 0. The smallest absolute Gasteiger partial charge is 0.336 e. The van der Waals surface area contributed by atoms with Crippen LogP contribution in [0.2, 0.25) is 0 Å². The third kappa shape index (κ3) is 3.60. The minimum absolute atomic E-state index is 0.0418. The summed E-state index contributed by atoms with van der Waals surface area (Å²) < 4.78 is 23.9. The molecule has 5 nitrogen and oxygen atoms in total. The van der Waals surface area contributed by atoms with Gasteiger partial charge < -0.3 is 5.11 Å². The zero-order valence-electron chi connectivity index (χ0n) is 13.2. The largest absolute Gasteiger partial charge is 0.478 e. The maximum Gasteiger partial charge on any atom is 0.336 e. The van der Waals surface area contributed by atoms with Gasteiger partial charge in [-0.05, 0) is 36.1 Å². The van der Waals surface area contributed by atoms with E-state index < -0.39 is 16.0 Å². The maximum absolute atomic E-state index is 11.9. The van der Waals surface area contributed by atoms with Gasteiger partial charge in [-0.1, -0.05) is 43.7 Å². The van der Waals surface area contributed by atoms with Gasteiger partial charge in [-0.3, -0.25) is 0 Å². The number of primary sulfonamides is 1. The van der Waals surface area contributed by atoms with E-state index in [1.54, 1.807) is 18.2 Å². The van der Waals surface area contributed by atoms with Crippen LogP contribution in [0.5, 0.6) is 0 Å². The minimum Gasteiger partial charge on any atom is -0.478 e. The molecule has 0 radical (unpaired) electrons. The molecule has 3 N–H and O–H groups in total. The Hall–Kier alpha value is -2.18. The molecule has 0 aromatic heterocycles. The summed E-state index contributed by atoms with van der Waals surface area (Å²) in [5.74, 6) is -1.24. The van der Waals surface area contributed by atoms with Gasteiger partial charge in [0.05, 0.1) is 10.5 Å². The fourth-order valence-electron chi connectivity index (χ4n) is 2.45. The van der Waals surface area contributed by atoms with E-state index >= 15 is 0 Å². The molecular weight excluding hydrogens is 314 g/mol. The Balaban J connectivity index is 2.85. The lowest BCUT2D eigenvalue weighted by molar-refractivity contribution is 0.0695. The Labute approximate surface area is 135 Å². The average molecular weight is 333 g/mol. The number of nitrogens with two attached hydrogens (primary N) is 1. The van der Waals surface area contributed by atoms with Crippen molar-refractivity contribution in [3.05, 3.63) is 53.1 Å². The summed E-state index contributed by atoms with van der Waals surface area (Å²) in [6.07, 6.45) is 0. The van der Waals surface area contributed by atoms with Gasteiger partial charge in [-0.25, -0.2) is 18.4 Å². The molecule has 23 heavy (non-hydrogen) atoms. The van der Waals surface area contributed by atoms with E-state index in [2.05, 4.69) is 0 Å². The summed E-state index contributed by atoms with van der Waals surface area (Å²) in [5.41, 5.74) is 2.66. The Kier molecular flexibility index (Phi) is 4.58. The molecule has 0 aliphatic rings. The van der Waals surface area contributed by atoms with Crippen LogP contribution in [0, 0.1) is 6.92 Å². The van der Waals surface area contributed by atoms with Gasteiger partial charge >= 0.3 is 5.97 Å². The molecule has 122 valence electrons. The first-order valence-electron chi connectivity index (χ1n) is 7.12. The number of sulfonamides is 1. The van der Waals surface area contributed by atoms with Crippen molar-refractivity contribution in [1.29, 1.82) is 0 Å². The van der Waals surface area contributed by atoms with Crippen LogP contribution in [0.4, 0.5) is 0 Å². The Morgan fingerprint density at radius 1 is 1.13 bits per heavy atom. The fraction of sp³-hybridized carbons (Fsp3) is 0.235. The zero-order valence-corrected chi connectivity index (χ0v) is 14.0. The predicted molar refractivity (Wildman–Crippen MR) is 89.0 cm³/mol. The molecule has 0 unspecified atom stereocenters. The summed E-state index contributed by atoms with van der Waals surface area (Å²) in [5, 5.41) is 14.7. The fourth-order valence-corrected chi connectivity index (χ4v) is 3.22. The van der Waals surface area contributed by atoms with Crippen molar-refractivity contribution in [2.45, 2.75) is 31.6 Å². The molecule has 0 spiro atoms. The van der Waals surface area contributed by atoms with Crippen molar-refractivity contribution >= 4 is 16.0 Å². The summed E-state index contributed by atoms with van der Waals surface area (Å²) in [4.78, 5) is 11.3. The Morgan fingerprint density at radius 2 is 1.70 bits per heavy atom. The van der Waals surface area contributed by atoms with Gasteiger partial charge in [-0.15, -0.1) is 0 Å². The third-order valence-corrected chi connectivity index (χ3v) is 4.62. The number of hydrogen-bond acceptors (Lipinski definition) is 3. The lowest BCUT2D eigenvalue weighted by Gasteiger charge is -2.16. The second kappa shape index (κ2) is 6.14. The molecule has 2 aromatic carbocycles. The van der Waals surface area contributed by atoms with Crippen molar-refractivity contribution in [3.63, 3.8) is 0 Å². The standard InChI is InChI=1S/C17H19NO4S/c1-10(2)13-8-14(12-6-4-11(3)5-7-12)16(23(18,21)22)9-15(13)17(19)20/h4-10H,1-3H3,(H,19,20)(H2,18,21,22). The van der Waals surface area contributed by atoms with E-state index in [0.717, 1.165) is 11.6 Å². The normalized spacial score (nSPS) is 11.7. The van der Waals surface area contributed by atoms with Crippen LogP contribution in [-0.4, -0.2) is 19.5 Å². The molecule has 0 fully saturated rings. The first-order valence-corrected chi connectivity index (χ1v) is 8.67. The lowest BCUT2D eigenvalue weighted by Crippen LogP contribution is -2.16. The third-order valence-electron chi connectivity index (χ3n) is 3.67. The highest BCUT2D eigenvalue weighted by Gasteiger charge is 2.22. The number of aromatic carboxylic acids is 1. The second-order valence-electron chi connectivity index (χ2n) is 5.81. The maximum atomic E-state index is 11.9. The molecule has 0 amide bonds. The van der Waals surface area contributed by atoms with Crippen molar-refractivity contribution in [3.8, 4) is 11.1 Å². The lowest BCUT2D eigenvalue weighted by atomic mass is 9.92. The first kappa shape index (κ1) is 17.2. The quantitative estimate of drug-likeness (QED) is 0.898. The highest BCUT2D eigenvalue weighted by Crippen LogP contribution is 2.33. The Bertz CT molecular complexity index is 853. The van der Waals surface area contributed by atoms with Crippen molar-refractivity contribution in [2.24, 2.45) is 5.14 Å². The molecule has 0 atom stereocenters. The van der Waals surface area contributed by atoms with Gasteiger partial charge in [0.25, 0.3) is 0 Å². The molecule has 6 heteroatoms. The average Bonchev–Trinajstić information content (AvgIpc) is 2.45. The van der Waals surface area contributed by atoms with E-state index in [-0.39, 0.29) is 16.4 Å². The number of carboxylic acid groups (broad SMARTS) is 1. The summed E-state index contributed by atoms with van der Waals surface area (Å²) in [7, 11) is -4.05.